The van der Waals surface area contributed by atoms with E-state index in [-0.39, 0.29) is 0 Å². The number of rotatable bonds is 0. The molecular formula is C4H6F3NO. The maximum Gasteiger partial charge on any atom is 0.410 e. The number of hydrogen-bond donors (Lipinski definition) is 1. The molecule has 0 amide bonds. The molecule has 0 aromatic heterocycles. The number of ether oxygens (including phenoxy) is 1. The van der Waals surface area contributed by atoms with Gasteiger partial charge in [-0.2, -0.15) is 13.2 Å². The van der Waals surface area contributed by atoms with Crippen molar-refractivity contribution < 1.29 is 17.9 Å². The van der Waals surface area contributed by atoms with Crippen LogP contribution in [0.2, 0.25) is 0 Å². The molecule has 1 rings (SSSR count). The molecule has 2 nitrogen and oxygen atoms in total. The molecular weight excluding hydrogens is 135 g/mol. The third-order valence-corrected chi connectivity index (χ3v) is 1.28. The van der Waals surface area contributed by atoms with E-state index in [1.807, 2.05) is 0 Å². The van der Waals surface area contributed by atoms with E-state index in [1.165, 1.54) is 0 Å². The molecule has 5 heteroatoms. The van der Waals surface area contributed by atoms with E-state index in [2.05, 4.69) is 4.74 Å². The van der Waals surface area contributed by atoms with E-state index in [0.29, 0.717) is 0 Å². The Bertz CT molecular complexity index is 117. The summed E-state index contributed by atoms with van der Waals surface area (Å²) in [4.78, 5) is 0. The van der Waals surface area contributed by atoms with Crippen LogP contribution in [0.5, 0.6) is 0 Å². The Morgan fingerprint density at radius 1 is 1.33 bits per heavy atom. The van der Waals surface area contributed by atoms with Gasteiger partial charge in [0.25, 0.3) is 0 Å². The summed E-state index contributed by atoms with van der Waals surface area (Å²) in [5.74, 6) is 0. The smallest absolute Gasteiger partial charge is 0.377 e. The molecule has 0 spiro atoms. The predicted molar refractivity (Wildman–Crippen MR) is 23.8 cm³/mol. The first-order chi connectivity index (χ1) is 3.96. The van der Waals surface area contributed by atoms with E-state index in [4.69, 9.17) is 5.73 Å². The molecule has 2 N–H and O–H groups in total. The maximum absolute atomic E-state index is 11.7. The molecule has 0 aromatic carbocycles. The fourth-order valence-corrected chi connectivity index (χ4v) is 0.486. The number of nitrogens with two attached hydrogens (primary N) is 1. The number of hydrogen-bond acceptors (Lipinski definition) is 2. The van der Waals surface area contributed by atoms with E-state index < -0.39 is 24.9 Å². The van der Waals surface area contributed by atoms with Gasteiger partial charge in [-0.15, -0.1) is 0 Å². The first-order valence-corrected chi connectivity index (χ1v) is 2.39. The maximum atomic E-state index is 11.7. The Hall–Kier alpha value is -0.290. The molecule has 1 heterocycles. The van der Waals surface area contributed by atoms with Crippen LogP contribution in [0.4, 0.5) is 13.2 Å². The summed E-state index contributed by atoms with van der Waals surface area (Å²) >= 11 is 0. The van der Waals surface area contributed by atoms with E-state index >= 15 is 0 Å². The topological polar surface area (TPSA) is 35.2 Å². The van der Waals surface area contributed by atoms with Gasteiger partial charge in [0.05, 0.1) is 13.2 Å². The zero-order valence-electron chi connectivity index (χ0n) is 4.53. The van der Waals surface area contributed by atoms with Crippen molar-refractivity contribution in [2.45, 2.75) is 11.7 Å². The fourth-order valence-electron chi connectivity index (χ4n) is 0.486. The van der Waals surface area contributed by atoms with Crippen molar-refractivity contribution in [3.8, 4) is 0 Å². The van der Waals surface area contributed by atoms with Gasteiger partial charge in [-0.3, -0.25) is 0 Å². The van der Waals surface area contributed by atoms with E-state index in [0.717, 1.165) is 0 Å². The zero-order valence-corrected chi connectivity index (χ0v) is 4.53. The standard InChI is InChI=1S/C4H6F3NO/c5-4(6,7)3(8)1-9-2-3/h1-2,8H2. The molecule has 54 valence electrons. The summed E-state index contributed by atoms with van der Waals surface area (Å²) in [6.07, 6.45) is -4.31. The summed E-state index contributed by atoms with van der Waals surface area (Å²) in [6, 6.07) is 0. The summed E-state index contributed by atoms with van der Waals surface area (Å²) in [6.45, 7) is -0.812. The van der Waals surface area contributed by atoms with Gasteiger partial charge >= 0.3 is 6.18 Å². The highest BCUT2D eigenvalue weighted by Gasteiger charge is 2.57. The van der Waals surface area contributed by atoms with Gasteiger partial charge in [0.15, 0.2) is 5.54 Å². The minimum atomic E-state index is -4.31. The highest BCUT2D eigenvalue weighted by molar-refractivity contribution is 4.97. The van der Waals surface area contributed by atoms with Gasteiger partial charge < -0.3 is 10.5 Å². The lowest BCUT2D eigenvalue weighted by Gasteiger charge is -2.38. The van der Waals surface area contributed by atoms with Crippen LogP contribution in [0, 0.1) is 0 Å². The van der Waals surface area contributed by atoms with Crippen molar-refractivity contribution in [3.05, 3.63) is 0 Å². The second kappa shape index (κ2) is 1.60. The Balaban J connectivity index is 2.59. The lowest BCUT2D eigenvalue weighted by molar-refractivity contribution is -0.254. The minimum absolute atomic E-state index is 0.406. The molecule has 1 aliphatic rings. The SMILES string of the molecule is NC1(C(F)(F)F)COC1. The van der Waals surface area contributed by atoms with Gasteiger partial charge in [0, 0.05) is 0 Å². The van der Waals surface area contributed by atoms with Crippen LogP contribution >= 0.6 is 0 Å². The molecule has 0 atom stereocenters. The lowest BCUT2D eigenvalue weighted by Crippen LogP contribution is -2.66. The molecule has 0 saturated carbocycles. The third-order valence-electron chi connectivity index (χ3n) is 1.28. The summed E-state index contributed by atoms with van der Waals surface area (Å²) in [7, 11) is 0. The molecule has 1 saturated heterocycles. The van der Waals surface area contributed by atoms with E-state index in [9.17, 15) is 13.2 Å². The van der Waals surface area contributed by atoms with Crippen LogP contribution in [0.1, 0.15) is 0 Å². The zero-order chi connectivity index (χ0) is 7.12. The molecule has 9 heavy (non-hydrogen) atoms. The second-order valence-corrected chi connectivity index (χ2v) is 2.15. The van der Waals surface area contributed by atoms with Crippen LogP contribution in [0.25, 0.3) is 0 Å². The average molecular weight is 141 g/mol. The Morgan fingerprint density at radius 3 is 1.78 bits per heavy atom. The van der Waals surface area contributed by atoms with E-state index in [1.54, 1.807) is 0 Å². The quantitative estimate of drug-likeness (QED) is 0.525. The Morgan fingerprint density at radius 2 is 1.78 bits per heavy atom. The van der Waals surface area contributed by atoms with Crippen LogP contribution in [0.3, 0.4) is 0 Å². The predicted octanol–water partition coefficient (Wildman–Crippen LogP) is 0.276. The Kier molecular flexibility index (Phi) is 1.22. The van der Waals surface area contributed by atoms with Crippen molar-refractivity contribution in [3.63, 3.8) is 0 Å². The monoisotopic (exact) mass is 141 g/mol. The van der Waals surface area contributed by atoms with Crippen LogP contribution in [-0.4, -0.2) is 24.9 Å². The first-order valence-electron chi connectivity index (χ1n) is 2.39. The van der Waals surface area contributed by atoms with Gasteiger partial charge in [0.2, 0.25) is 0 Å². The first kappa shape index (κ1) is 6.82. The highest BCUT2D eigenvalue weighted by atomic mass is 19.4. The number of halogens is 3. The third kappa shape index (κ3) is 0.900. The molecule has 1 aliphatic heterocycles. The second-order valence-electron chi connectivity index (χ2n) is 2.15. The van der Waals surface area contributed by atoms with Gasteiger partial charge in [-0.25, -0.2) is 0 Å². The van der Waals surface area contributed by atoms with Crippen molar-refractivity contribution >= 4 is 0 Å². The van der Waals surface area contributed by atoms with Crippen molar-refractivity contribution in [2.75, 3.05) is 13.2 Å². The summed E-state index contributed by atoms with van der Waals surface area (Å²) in [5.41, 5.74) is 2.77. The molecule has 0 aromatic rings. The van der Waals surface area contributed by atoms with Crippen LogP contribution in [0.15, 0.2) is 0 Å². The molecule has 1 fully saturated rings. The van der Waals surface area contributed by atoms with Crippen molar-refractivity contribution in [1.82, 2.24) is 0 Å². The molecule has 0 unspecified atom stereocenters. The Labute approximate surface area is 49.8 Å². The van der Waals surface area contributed by atoms with Crippen LogP contribution in [-0.2, 0) is 4.74 Å². The minimum Gasteiger partial charge on any atom is -0.377 e. The number of alkyl halides is 3. The van der Waals surface area contributed by atoms with Gasteiger partial charge in [-0.05, 0) is 0 Å². The normalized spacial score (nSPS) is 25.3. The molecule has 0 bridgehead atoms. The fraction of sp³-hybridized carbons (Fsp3) is 1.00. The molecule has 0 aliphatic carbocycles. The van der Waals surface area contributed by atoms with Crippen LogP contribution < -0.4 is 5.73 Å². The van der Waals surface area contributed by atoms with Crippen molar-refractivity contribution in [2.24, 2.45) is 5.73 Å². The largest absolute Gasteiger partial charge is 0.410 e. The van der Waals surface area contributed by atoms with Crippen molar-refractivity contribution in [1.29, 1.82) is 0 Å². The average Bonchev–Trinajstić information content (AvgIpc) is 1.57. The molecule has 0 radical (unpaired) electrons. The van der Waals surface area contributed by atoms with Gasteiger partial charge in [0.1, 0.15) is 0 Å². The lowest BCUT2D eigenvalue weighted by atomic mass is 9.99. The highest BCUT2D eigenvalue weighted by Crippen LogP contribution is 2.33. The van der Waals surface area contributed by atoms with Gasteiger partial charge in [-0.1, -0.05) is 0 Å². The summed E-state index contributed by atoms with van der Waals surface area (Å²) in [5, 5.41) is 0. The summed E-state index contributed by atoms with van der Waals surface area (Å²) < 4.78 is 39.4.